The van der Waals surface area contributed by atoms with Crippen LogP contribution in [0.2, 0.25) is 5.02 Å². The molecule has 1 saturated carbocycles. The second-order valence-corrected chi connectivity index (χ2v) is 7.90. The molecule has 5 heteroatoms. The van der Waals surface area contributed by atoms with Crippen LogP contribution in [0.15, 0.2) is 37.1 Å². The average molecular weight is 389 g/mol. The van der Waals surface area contributed by atoms with E-state index in [1.165, 1.54) is 0 Å². The summed E-state index contributed by atoms with van der Waals surface area (Å²) in [5.74, 6) is 1.34. The van der Waals surface area contributed by atoms with Crippen molar-refractivity contribution < 1.29 is 9.47 Å². The van der Waals surface area contributed by atoms with E-state index < -0.39 is 0 Å². The Bertz CT molecular complexity index is 785. The summed E-state index contributed by atoms with van der Waals surface area (Å²) in [4.78, 5) is 4.35. The van der Waals surface area contributed by atoms with E-state index in [0.717, 1.165) is 55.7 Å². The lowest BCUT2D eigenvalue weighted by Crippen LogP contribution is -2.44. The molecule has 1 aliphatic rings. The number of nitrogens with two attached hydrogens (primary N) is 1. The first kappa shape index (κ1) is 20.0. The van der Waals surface area contributed by atoms with Gasteiger partial charge in [0.05, 0.1) is 17.7 Å². The summed E-state index contributed by atoms with van der Waals surface area (Å²) in [6.07, 6.45) is 10.5. The van der Waals surface area contributed by atoms with E-state index in [0.29, 0.717) is 23.3 Å². The first-order chi connectivity index (χ1) is 13.0. The Hall–Kier alpha value is -1.78. The zero-order chi connectivity index (χ0) is 19.3. The van der Waals surface area contributed by atoms with Crippen LogP contribution in [0.4, 0.5) is 0 Å². The number of pyridine rings is 1. The van der Waals surface area contributed by atoms with Crippen molar-refractivity contribution in [1.29, 1.82) is 0 Å². The number of aromatic nitrogens is 1. The largest absolute Gasteiger partial charge is 0.489 e. The molecule has 0 amide bonds. The molecule has 4 nitrogen and oxygen atoms in total. The molecule has 146 valence electrons. The van der Waals surface area contributed by atoms with Gasteiger partial charge in [0, 0.05) is 17.1 Å². The molecular formula is C22H29ClN2O2. The molecule has 1 fully saturated rings. The molecule has 0 spiro atoms. The fourth-order valence-corrected chi connectivity index (χ4v) is 3.83. The first-order valence-corrected chi connectivity index (χ1v) is 10.2. The molecule has 0 radical (unpaired) electrons. The lowest BCUT2D eigenvalue weighted by atomic mass is 9.79. The standard InChI is InChI=1S/C22H29ClN2O2/c1-3-5-13-26-21-18-15-19(23)20(14-16(18)8-12-25-21)27-17-6-10-22(24,9-4-2)11-7-17/h4,8,12,14-15,17H,2-3,5-7,9-11,13,24H2,1H3. The van der Waals surface area contributed by atoms with Crippen molar-refractivity contribution in [3.8, 4) is 11.6 Å². The van der Waals surface area contributed by atoms with E-state index in [-0.39, 0.29) is 11.6 Å². The van der Waals surface area contributed by atoms with Gasteiger partial charge in [0.2, 0.25) is 5.88 Å². The second kappa shape index (κ2) is 8.94. The summed E-state index contributed by atoms with van der Waals surface area (Å²) < 4.78 is 12.0. The maximum absolute atomic E-state index is 6.52. The number of ether oxygens (including phenoxy) is 2. The maximum Gasteiger partial charge on any atom is 0.221 e. The van der Waals surface area contributed by atoms with E-state index in [2.05, 4.69) is 18.5 Å². The first-order valence-electron chi connectivity index (χ1n) is 9.82. The highest BCUT2D eigenvalue weighted by Crippen LogP contribution is 2.37. The quantitative estimate of drug-likeness (QED) is 0.468. The number of benzene rings is 1. The summed E-state index contributed by atoms with van der Waals surface area (Å²) >= 11 is 6.52. The zero-order valence-electron chi connectivity index (χ0n) is 16.0. The number of halogens is 1. The van der Waals surface area contributed by atoms with Gasteiger partial charge in [-0.15, -0.1) is 6.58 Å². The number of hydrogen-bond acceptors (Lipinski definition) is 4. The highest BCUT2D eigenvalue weighted by atomic mass is 35.5. The van der Waals surface area contributed by atoms with E-state index in [4.69, 9.17) is 26.8 Å². The van der Waals surface area contributed by atoms with Gasteiger partial charge in [0.25, 0.3) is 0 Å². The summed E-state index contributed by atoms with van der Waals surface area (Å²) in [5, 5.41) is 2.53. The van der Waals surface area contributed by atoms with E-state index in [1.54, 1.807) is 6.20 Å². The lowest BCUT2D eigenvalue weighted by molar-refractivity contribution is 0.119. The van der Waals surface area contributed by atoms with Gasteiger partial charge in [-0.2, -0.15) is 0 Å². The predicted molar refractivity (Wildman–Crippen MR) is 112 cm³/mol. The van der Waals surface area contributed by atoms with Crippen molar-refractivity contribution in [2.24, 2.45) is 5.73 Å². The fraction of sp³-hybridized carbons (Fsp3) is 0.500. The molecule has 0 aliphatic heterocycles. The molecule has 2 N–H and O–H groups in total. The van der Waals surface area contributed by atoms with Gasteiger partial charge in [0.1, 0.15) is 5.75 Å². The minimum absolute atomic E-state index is 0.134. The van der Waals surface area contributed by atoms with Crippen molar-refractivity contribution in [2.45, 2.75) is 63.5 Å². The number of hydrogen-bond donors (Lipinski definition) is 1. The molecule has 27 heavy (non-hydrogen) atoms. The van der Waals surface area contributed by atoms with Gasteiger partial charge < -0.3 is 15.2 Å². The van der Waals surface area contributed by atoms with Crippen LogP contribution in [0.3, 0.4) is 0 Å². The number of unbranched alkanes of at least 4 members (excludes halogenated alkanes) is 1. The molecule has 0 bridgehead atoms. The SMILES string of the molecule is C=CCC1(N)CCC(Oc2cc3ccnc(OCCCC)c3cc2Cl)CC1. The van der Waals surface area contributed by atoms with Crippen molar-refractivity contribution >= 4 is 22.4 Å². The average Bonchev–Trinajstić information content (AvgIpc) is 2.65. The highest BCUT2D eigenvalue weighted by Gasteiger charge is 2.31. The molecule has 0 atom stereocenters. The number of nitrogens with zero attached hydrogens (tertiary/aromatic N) is 1. The monoisotopic (exact) mass is 388 g/mol. The molecule has 1 aromatic carbocycles. The lowest BCUT2D eigenvalue weighted by Gasteiger charge is -2.36. The Morgan fingerprint density at radius 1 is 1.37 bits per heavy atom. The van der Waals surface area contributed by atoms with E-state index >= 15 is 0 Å². The smallest absolute Gasteiger partial charge is 0.221 e. The minimum Gasteiger partial charge on any atom is -0.489 e. The van der Waals surface area contributed by atoms with E-state index in [1.807, 2.05) is 24.3 Å². The summed E-state index contributed by atoms with van der Waals surface area (Å²) in [5.41, 5.74) is 6.29. The number of fused-ring (bicyclic) bond motifs is 1. The molecule has 2 aromatic rings. The summed E-state index contributed by atoms with van der Waals surface area (Å²) in [6, 6.07) is 5.84. The Labute approximate surface area is 166 Å². The molecule has 1 aliphatic carbocycles. The van der Waals surface area contributed by atoms with Crippen LogP contribution in [0, 0.1) is 0 Å². The van der Waals surface area contributed by atoms with Crippen LogP contribution in [0.5, 0.6) is 11.6 Å². The van der Waals surface area contributed by atoms with E-state index in [9.17, 15) is 0 Å². The van der Waals surface area contributed by atoms with Crippen LogP contribution < -0.4 is 15.2 Å². The normalized spacial score (nSPS) is 22.6. The van der Waals surface area contributed by atoms with Gasteiger partial charge in [-0.25, -0.2) is 4.98 Å². The van der Waals surface area contributed by atoms with Crippen molar-refractivity contribution in [3.63, 3.8) is 0 Å². The van der Waals surface area contributed by atoms with Crippen LogP contribution in [0.25, 0.3) is 10.8 Å². The van der Waals surface area contributed by atoms with Gasteiger partial charge >= 0.3 is 0 Å². The fourth-order valence-electron chi connectivity index (χ4n) is 3.62. The van der Waals surface area contributed by atoms with Gasteiger partial charge in [-0.05, 0) is 62.1 Å². The molecule has 1 aromatic heterocycles. The Morgan fingerprint density at radius 3 is 2.85 bits per heavy atom. The van der Waals surface area contributed by atoms with Crippen LogP contribution in [-0.4, -0.2) is 23.2 Å². The Kier molecular flexibility index (Phi) is 6.61. The summed E-state index contributed by atoms with van der Waals surface area (Å²) in [7, 11) is 0. The minimum atomic E-state index is -0.134. The van der Waals surface area contributed by atoms with Crippen molar-refractivity contribution in [1.82, 2.24) is 4.98 Å². The van der Waals surface area contributed by atoms with Crippen molar-refractivity contribution in [2.75, 3.05) is 6.61 Å². The third kappa shape index (κ3) is 4.94. The third-order valence-corrected chi connectivity index (χ3v) is 5.59. The maximum atomic E-state index is 6.52. The molecule has 1 heterocycles. The molecule has 0 saturated heterocycles. The second-order valence-electron chi connectivity index (χ2n) is 7.49. The topological polar surface area (TPSA) is 57.4 Å². The Morgan fingerprint density at radius 2 is 2.15 bits per heavy atom. The van der Waals surface area contributed by atoms with Gasteiger partial charge in [-0.3, -0.25) is 0 Å². The van der Waals surface area contributed by atoms with Crippen LogP contribution >= 0.6 is 11.6 Å². The highest BCUT2D eigenvalue weighted by molar-refractivity contribution is 6.33. The van der Waals surface area contributed by atoms with Crippen molar-refractivity contribution in [3.05, 3.63) is 42.1 Å². The number of rotatable bonds is 8. The third-order valence-electron chi connectivity index (χ3n) is 5.29. The molecule has 3 rings (SSSR count). The zero-order valence-corrected chi connectivity index (χ0v) is 16.8. The molecule has 0 unspecified atom stereocenters. The Balaban J connectivity index is 1.72. The van der Waals surface area contributed by atoms with Crippen LogP contribution in [0.1, 0.15) is 51.9 Å². The molecular weight excluding hydrogens is 360 g/mol. The predicted octanol–water partition coefficient (Wildman–Crippen LogP) is 5.66. The van der Waals surface area contributed by atoms with Crippen LogP contribution in [-0.2, 0) is 0 Å². The summed E-state index contributed by atoms with van der Waals surface area (Å²) in [6.45, 7) is 6.61. The van der Waals surface area contributed by atoms with Gasteiger partial charge in [0.15, 0.2) is 0 Å². The van der Waals surface area contributed by atoms with Gasteiger partial charge in [-0.1, -0.05) is 31.0 Å².